The van der Waals surface area contributed by atoms with Gasteiger partial charge >= 0.3 is 0 Å². The monoisotopic (exact) mass is 305 g/mol. The summed E-state index contributed by atoms with van der Waals surface area (Å²) in [6.45, 7) is 2.10. The summed E-state index contributed by atoms with van der Waals surface area (Å²) >= 11 is 0. The molecule has 110 valence electrons. The molecule has 0 bridgehead atoms. The van der Waals surface area contributed by atoms with E-state index < -0.39 is 7.05 Å². The molecule has 0 aliphatic rings. The number of hydrogen-bond donors (Lipinski definition) is 1. The van der Waals surface area contributed by atoms with Crippen LogP contribution in [0.5, 0.6) is 0 Å². The van der Waals surface area contributed by atoms with Crippen LogP contribution < -0.4 is 10.6 Å². The van der Waals surface area contributed by atoms with E-state index in [0.29, 0.717) is 0 Å². The van der Waals surface area contributed by atoms with Gasteiger partial charge in [-0.2, -0.15) is 0 Å². The average molecular weight is 305 g/mol. The highest BCUT2D eigenvalue weighted by Gasteiger charge is 2.22. The van der Waals surface area contributed by atoms with Crippen LogP contribution in [0.1, 0.15) is 11.1 Å². The summed E-state index contributed by atoms with van der Waals surface area (Å²) in [5.74, 6) is 0. The summed E-state index contributed by atoms with van der Waals surface area (Å²) in [4.78, 5) is 0. The molecule has 0 fully saturated rings. The molecule has 1 nitrogen and oxygen atoms in total. The first-order valence-electron chi connectivity index (χ1n) is 7.48. The van der Waals surface area contributed by atoms with Crippen molar-refractivity contribution in [3.63, 3.8) is 0 Å². The van der Waals surface area contributed by atoms with E-state index in [2.05, 4.69) is 55.5 Å². The van der Waals surface area contributed by atoms with Gasteiger partial charge in [-0.3, -0.25) is 0 Å². The van der Waals surface area contributed by atoms with E-state index in [4.69, 9.17) is 0 Å². The summed E-state index contributed by atoms with van der Waals surface area (Å²) in [5.41, 5.74) is 2.50. The van der Waals surface area contributed by atoms with E-state index >= 15 is 0 Å². The van der Waals surface area contributed by atoms with Gasteiger partial charge in [0, 0.05) is 13.2 Å². The highest BCUT2D eigenvalue weighted by molar-refractivity contribution is 7.79. The number of aryl methyl sites for hydroxylation is 1. The van der Waals surface area contributed by atoms with E-state index in [1.165, 1.54) is 11.1 Å². The molecule has 0 aliphatic carbocycles. The van der Waals surface area contributed by atoms with Gasteiger partial charge < -0.3 is 5.16 Å². The predicted octanol–water partition coefficient (Wildman–Crippen LogP) is 4.93. The molecule has 0 spiro atoms. The standard InChI is InChI=1S/C20H20NP/c1-17-12-14-18(15-13-17)16-22(21,19-8-4-2-5-9-19)20-10-6-3-7-11-20/h2-15,21H,16H2,1H3. The maximum atomic E-state index is 9.30. The topological polar surface area (TPSA) is 23.9 Å². The molecule has 0 heterocycles. The second-order valence-corrected chi connectivity index (χ2v) is 8.59. The van der Waals surface area contributed by atoms with E-state index in [9.17, 15) is 5.16 Å². The first kappa shape index (κ1) is 14.8. The van der Waals surface area contributed by atoms with Crippen molar-refractivity contribution >= 4 is 17.7 Å². The van der Waals surface area contributed by atoms with Crippen molar-refractivity contribution in [1.29, 1.82) is 5.16 Å². The Kier molecular flexibility index (Phi) is 4.27. The van der Waals surface area contributed by atoms with Gasteiger partial charge in [0.15, 0.2) is 0 Å². The van der Waals surface area contributed by atoms with Gasteiger partial charge in [0.05, 0.1) is 0 Å². The van der Waals surface area contributed by atoms with Gasteiger partial charge in [-0.1, -0.05) is 90.5 Å². The lowest BCUT2D eigenvalue weighted by atomic mass is 10.2. The fourth-order valence-corrected chi connectivity index (χ4v) is 5.45. The van der Waals surface area contributed by atoms with Crippen molar-refractivity contribution in [2.45, 2.75) is 13.1 Å². The zero-order valence-corrected chi connectivity index (χ0v) is 13.6. The fraction of sp³-hybridized carbons (Fsp3) is 0.100. The third-order valence-electron chi connectivity index (χ3n) is 3.93. The molecule has 22 heavy (non-hydrogen) atoms. The fourth-order valence-electron chi connectivity index (χ4n) is 2.66. The highest BCUT2D eigenvalue weighted by Crippen LogP contribution is 2.47. The predicted molar refractivity (Wildman–Crippen MR) is 96.7 cm³/mol. The molecule has 0 radical (unpaired) electrons. The minimum atomic E-state index is -2.16. The Hall–Kier alpha value is -2.11. The zero-order chi connectivity index (χ0) is 15.4. The van der Waals surface area contributed by atoms with Crippen LogP contribution in [0, 0.1) is 12.1 Å². The summed E-state index contributed by atoms with van der Waals surface area (Å²) in [6, 6.07) is 29.2. The second-order valence-electron chi connectivity index (χ2n) is 5.62. The number of benzene rings is 3. The lowest BCUT2D eigenvalue weighted by Gasteiger charge is -2.24. The van der Waals surface area contributed by atoms with Gasteiger partial charge in [0.1, 0.15) is 0 Å². The van der Waals surface area contributed by atoms with Crippen LogP contribution in [-0.2, 0) is 6.16 Å². The van der Waals surface area contributed by atoms with Crippen LogP contribution in [0.3, 0.4) is 0 Å². The molecule has 0 aliphatic heterocycles. The van der Waals surface area contributed by atoms with Crippen molar-refractivity contribution in [1.82, 2.24) is 0 Å². The van der Waals surface area contributed by atoms with E-state index in [1.807, 2.05) is 36.4 Å². The maximum Gasteiger partial charge on any atom is 0.0279 e. The third-order valence-corrected chi connectivity index (χ3v) is 7.13. The van der Waals surface area contributed by atoms with E-state index in [-0.39, 0.29) is 0 Å². The lowest BCUT2D eigenvalue weighted by Crippen LogP contribution is -2.17. The Labute approximate surface area is 132 Å². The zero-order valence-electron chi connectivity index (χ0n) is 12.7. The highest BCUT2D eigenvalue weighted by atomic mass is 31.2. The van der Waals surface area contributed by atoms with Crippen LogP contribution in [0.15, 0.2) is 84.9 Å². The normalized spacial score (nSPS) is 11.3. The van der Waals surface area contributed by atoms with Crippen molar-refractivity contribution in [3.8, 4) is 0 Å². The Morgan fingerprint density at radius 3 is 1.59 bits per heavy atom. The number of hydrogen-bond acceptors (Lipinski definition) is 1. The average Bonchev–Trinajstić information content (AvgIpc) is 2.58. The molecular weight excluding hydrogens is 285 g/mol. The quantitative estimate of drug-likeness (QED) is 0.661. The molecule has 0 amide bonds. The smallest absolute Gasteiger partial charge is 0.0279 e. The molecule has 2 heteroatoms. The lowest BCUT2D eigenvalue weighted by molar-refractivity contribution is 1.34. The van der Waals surface area contributed by atoms with Gasteiger partial charge in [-0.25, -0.2) is 0 Å². The first-order chi connectivity index (χ1) is 10.7. The Bertz CT molecular complexity index is 733. The summed E-state index contributed by atoms with van der Waals surface area (Å²) < 4.78 is 0. The maximum absolute atomic E-state index is 9.30. The molecule has 3 aromatic rings. The van der Waals surface area contributed by atoms with Crippen LogP contribution in [0.2, 0.25) is 0 Å². The molecule has 0 saturated heterocycles. The molecule has 1 N–H and O–H groups in total. The largest absolute Gasteiger partial charge is 0.309 e. The van der Waals surface area contributed by atoms with Gasteiger partial charge in [0.25, 0.3) is 0 Å². The third kappa shape index (κ3) is 3.05. The van der Waals surface area contributed by atoms with Gasteiger partial charge in [-0.15, -0.1) is 0 Å². The molecule has 0 unspecified atom stereocenters. The van der Waals surface area contributed by atoms with Crippen LogP contribution >= 0.6 is 7.05 Å². The van der Waals surface area contributed by atoms with Crippen molar-refractivity contribution < 1.29 is 0 Å². The van der Waals surface area contributed by atoms with E-state index in [0.717, 1.165) is 16.8 Å². The first-order valence-corrected chi connectivity index (χ1v) is 9.46. The SMILES string of the molecule is Cc1ccc(CP(=N)(c2ccccc2)c2ccccc2)cc1. The number of rotatable bonds is 4. The number of nitrogens with one attached hydrogen (secondary N) is 1. The molecule has 0 atom stereocenters. The van der Waals surface area contributed by atoms with Crippen LogP contribution in [-0.4, -0.2) is 0 Å². The molecular formula is C20H20NP. The molecule has 3 rings (SSSR count). The Balaban J connectivity index is 2.08. The van der Waals surface area contributed by atoms with Crippen LogP contribution in [0.4, 0.5) is 0 Å². The molecule has 0 aromatic heterocycles. The Morgan fingerprint density at radius 1 is 0.682 bits per heavy atom. The summed E-state index contributed by atoms with van der Waals surface area (Å²) in [6.07, 6.45) is 0.779. The van der Waals surface area contributed by atoms with E-state index in [1.54, 1.807) is 0 Å². The molecule has 3 aromatic carbocycles. The van der Waals surface area contributed by atoms with Crippen molar-refractivity contribution in [2.75, 3.05) is 0 Å². The minimum Gasteiger partial charge on any atom is -0.309 e. The van der Waals surface area contributed by atoms with Crippen molar-refractivity contribution in [3.05, 3.63) is 96.1 Å². The second kappa shape index (κ2) is 6.34. The van der Waals surface area contributed by atoms with Crippen LogP contribution in [0.25, 0.3) is 0 Å². The minimum absolute atomic E-state index is 0.779. The summed E-state index contributed by atoms with van der Waals surface area (Å²) in [5, 5.41) is 11.6. The van der Waals surface area contributed by atoms with Crippen molar-refractivity contribution in [2.24, 2.45) is 0 Å². The summed E-state index contributed by atoms with van der Waals surface area (Å²) in [7, 11) is -2.16. The van der Waals surface area contributed by atoms with Gasteiger partial charge in [-0.05, 0) is 23.1 Å². The molecule has 0 saturated carbocycles. The van der Waals surface area contributed by atoms with Gasteiger partial charge in [0.2, 0.25) is 0 Å². The Morgan fingerprint density at radius 2 is 1.14 bits per heavy atom.